The van der Waals surface area contributed by atoms with Gasteiger partial charge in [-0.2, -0.15) is 13.2 Å². The van der Waals surface area contributed by atoms with Crippen molar-refractivity contribution in [1.29, 1.82) is 0 Å². The average molecular weight is 385 g/mol. The molecule has 0 bridgehead atoms. The zero-order valence-corrected chi connectivity index (χ0v) is 17.2. The molecular weight excluding hydrogens is 368 g/mol. The molecule has 0 aliphatic carbocycles. The van der Waals surface area contributed by atoms with E-state index in [0.29, 0.717) is 17.0 Å². The van der Waals surface area contributed by atoms with Crippen LogP contribution in [0.1, 0.15) is 38.3 Å². The Morgan fingerprint density at radius 2 is 1.88 bits per heavy atom. The Morgan fingerprint density at radius 1 is 1.28 bits per heavy atom. The fraction of sp³-hybridized carbons (Fsp3) is 0.471. The second kappa shape index (κ2) is 7.91. The van der Waals surface area contributed by atoms with Crippen LogP contribution < -0.4 is 39.4 Å². The maximum Gasteiger partial charge on any atom is 1.00 e. The number of carbonyl (C=O) groups excluding carboxylic acids is 1. The van der Waals surface area contributed by atoms with Crippen LogP contribution in [-0.2, 0) is 11.2 Å². The molecule has 0 saturated heterocycles. The first-order valence-corrected chi connectivity index (χ1v) is 7.75. The minimum absolute atomic E-state index is 0. The first-order valence-electron chi connectivity index (χ1n) is 7.37. The second-order valence-corrected chi connectivity index (χ2v) is 7.38. The summed E-state index contributed by atoms with van der Waals surface area (Å²) in [5.41, 5.74) is -0.0688. The molecule has 0 fully saturated rings. The van der Waals surface area contributed by atoms with Gasteiger partial charge in [-0.25, -0.2) is 0 Å². The fourth-order valence-electron chi connectivity index (χ4n) is 2.37. The van der Waals surface area contributed by atoms with E-state index in [0.717, 1.165) is 12.5 Å². The zero-order chi connectivity index (χ0) is 18.3. The summed E-state index contributed by atoms with van der Waals surface area (Å²) in [6.07, 6.45) is -5.13. The van der Waals surface area contributed by atoms with Crippen LogP contribution in [0.3, 0.4) is 0 Å². The summed E-state index contributed by atoms with van der Waals surface area (Å²) < 4.78 is 44.1. The van der Waals surface area contributed by atoms with Crippen molar-refractivity contribution in [3.63, 3.8) is 0 Å². The molecule has 0 unspecified atom stereocenters. The number of benzene rings is 1. The molecule has 0 N–H and O–H groups in total. The first kappa shape index (κ1) is 22.4. The van der Waals surface area contributed by atoms with Crippen LogP contribution in [0.5, 0.6) is 5.75 Å². The van der Waals surface area contributed by atoms with Crippen molar-refractivity contribution in [2.24, 2.45) is 5.41 Å². The van der Waals surface area contributed by atoms with E-state index in [1.54, 1.807) is 0 Å². The number of rotatable bonds is 3. The molecule has 0 spiro atoms. The third-order valence-electron chi connectivity index (χ3n) is 3.69. The van der Waals surface area contributed by atoms with Crippen molar-refractivity contribution in [2.45, 2.75) is 45.9 Å². The Hall–Kier alpha value is -0.690. The van der Waals surface area contributed by atoms with Crippen LogP contribution in [0.15, 0.2) is 17.7 Å². The number of hydrogen-bond donors (Lipinski definition) is 0. The number of aliphatic carboxylic acids is 1. The molecule has 8 heteroatoms. The summed E-state index contributed by atoms with van der Waals surface area (Å²) in [5, 5.41) is 11.4. The molecule has 1 aliphatic rings. The summed E-state index contributed by atoms with van der Waals surface area (Å²) >= 11 is 6.17. The summed E-state index contributed by atoms with van der Waals surface area (Å²) in [6.45, 7) is 6.14. The molecule has 1 aliphatic heterocycles. The molecule has 0 radical (unpaired) electrons. The minimum atomic E-state index is -4.85. The topological polar surface area (TPSA) is 49.4 Å². The van der Waals surface area contributed by atoms with Crippen LogP contribution in [0, 0.1) is 5.41 Å². The van der Waals surface area contributed by atoms with Crippen LogP contribution in [-0.4, -0.2) is 18.2 Å². The summed E-state index contributed by atoms with van der Waals surface area (Å²) in [6, 6.07) is 2.87. The van der Waals surface area contributed by atoms with Gasteiger partial charge in [0.25, 0.3) is 0 Å². The van der Waals surface area contributed by atoms with Crippen molar-refractivity contribution in [1.82, 2.24) is 0 Å². The number of carbonyl (C=O) groups is 1. The Labute approximate surface area is 171 Å². The molecule has 0 saturated carbocycles. The van der Waals surface area contributed by atoms with Gasteiger partial charge >= 0.3 is 35.7 Å². The summed E-state index contributed by atoms with van der Waals surface area (Å²) in [7, 11) is 0. The second-order valence-electron chi connectivity index (χ2n) is 6.97. The Bertz CT molecular complexity index is 694. The molecule has 1 aromatic carbocycles. The largest absolute Gasteiger partial charge is 1.00 e. The van der Waals surface area contributed by atoms with Crippen LogP contribution in [0.25, 0.3) is 6.08 Å². The van der Waals surface area contributed by atoms with Crippen LogP contribution >= 0.6 is 11.6 Å². The fourth-order valence-corrected chi connectivity index (χ4v) is 2.64. The predicted molar refractivity (Wildman–Crippen MR) is 82.7 cm³/mol. The number of carboxylic acids is 1. The smallest absolute Gasteiger partial charge is 0.545 e. The first-order chi connectivity index (χ1) is 10.9. The molecule has 132 valence electrons. The number of halogens is 4. The average Bonchev–Trinajstić information content (AvgIpc) is 2.41. The van der Waals surface area contributed by atoms with Gasteiger partial charge in [-0.3, -0.25) is 0 Å². The Balaban J connectivity index is 0.00000312. The SMILES string of the molecule is CC(C)(C)CCc1cc2c(cc1Cl)C=C(C(=O)[O-])[C@H](C(F)(F)F)O2.[Na+]. The zero-order valence-electron chi connectivity index (χ0n) is 14.5. The molecule has 3 nitrogen and oxygen atoms in total. The van der Waals surface area contributed by atoms with Gasteiger partial charge < -0.3 is 14.6 Å². The van der Waals surface area contributed by atoms with Crippen molar-refractivity contribution in [3.05, 3.63) is 33.9 Å². The van der Waals surface area contributed by atoms with Gasteiger partial charge in [0.1, 0.15) is 5.75 Å². The maximum atomic E-state index is 13.0. The van der Waals surface area contributed by atoms with E-state index < -0.39 is 23.8 Å². The van der Waals surface area contributed by atoms with Gasteiger partial charge in [-0.05, 0) is 42.0 Å². The number of hydrogen-bond acceptors (Lipinski definition) is 3. The molecule has 1 heterocycles. The number of aryl methyl sites for hydroxylation is 1. The van der Waals surface area contributed by atoms with E-state index in [1.807, 2.05) is 20.8 Å². The van der Waals surface area contributed by atoms with Crippen LogP contribution in [0.4, 0.5) is 13.2 Å². The monoisotopic (exact) mass is 384 g/mol. The molecule has 25 heavy (non-hydrogen) atoms. The summed E-state index contributed by atoms with van der Waals surface area (Å²) in [5.74, 6) is -1.95. The summed E-state index contributed by atoms with van der Waals surface area (Å²) in [4.78, 5) is 11.0. The Morgan fingerprint density at radius 3 is 2.36 bits per heavy atom. The van der Waals surface area contributed by atoms with E-state index in [1.165, 1.54) is 12.1 Å². The third kappa shape index (κ3) is 5.64. The van der Waals surface area contributed by atoms with E-state index in [2.05, 4.69) is 0 Å². The molecule has 1 aromatic rings. The van der Waals surface area contributed by atoms with Crippen molar-refractivity contribution in [3.8, 4) is 5.75 Å². The van der Waals surface area contributed by atoms with Crippen molar-refractivity contribution in [2.75, 3.05) is 0 Å². The van der Waals surface area contributed by atoms with Gasteiger partial charge in [0.05, 0.1) is 5.97 Å². The quantitative estimate of drug-likeness (QED) is 0.724. The molecule has 0 aromatic heterocycles. The van der Waals surface area contributed by atoms with Gasteiger partial charge in [0.2, 0.25) is 6.10 Å². The molecule has 2 rings (SSSR count). The minimum Gasteiger partial charge on any atom is -0.545 e. The van der Waals surface area contributed by atoms with Gasteiger partial charge in [0.15, 0.2) is 0 Å². The van der Waals surface area contributed by atoms with Gasteiger partial charge in [-0.15, -0.1) is 0 Å². The normalized spacial score (nSPS) is 17.1. The number of alkyl halides is 3. The van der Waals surface area contributed by atoms with E-state index in [-0.39, 0.29) is 46.3 Å². The Kier molecular flexibility index (Phi) is 7.07. The van der Waals surface area contributed by atoms with Crippen molar-refractivity contribution < 1.29 is 57.4 Å². The molecule has 1 atom stereocenters. The number of carboxylic acid groups (broad SMARTS) is 1. The van der Waals surface area contributed by atoms with Gasteiger partial charge in [0, 0.05) is 16.2 Å². The molecular formula is C17H17ClF3NaO3. The predicted octanol–water partition coefficient (Wildman–Crippen LogP) is 0.779. The van der Waals surface area contributed by atoms with Gasteiger partial charge in [-0.1, -0.05) is 32.4 Å². The molecule has 0 amide bonds. The van der Waals surface area contributed by atoms with Crippen molar-refractivity contribution >= 4 is 23.6 Å². The number of ether oxygens (including phenoxy) is 1. The van der Waals surface area contributed by atoms with E-state index >= 15 is 0 Å². The van der Waals surface area contributed by atoms with Crippen LogP contribution in [0.2, 0.25) is 5.02 Å². The third-order valence-corrected chi connectivity index (χ3v) is 4.05. The standard InChI is InChI=1S/C17H18ClF3O3.Na/c1-16(2,3)5-4-9-8-13-10(7-12(9)18)6-11(15(22)23)14(24-13)17(19,20)21;/h6-8,14H,4-5H2,1-3H3,(H,22,23);/q;+1/p-1/t14-;/m1./s1. The number of fused-ring (bicyclic) bond motifs is 1. The maximum absolute atomic E-state index is 13.0. The van der Waals surface area contributed by atoms with E-state index in [4.69, 9.17) is 16.3 Å². The van der Waals surface area contributed by atoms with E-state index in [9.17, 15) is 23.1 Å².